The Hall–Kier alpha value is -3.22. The molecule has 0 saturated heterocycles. The second kappa shape index (κ2) is 9.20. The highest BCUT2D eigenvalue weighted by atomic mass is 32.2. The molecule has 0 atom stereocenters. The van der Waals surface area contributed by atoms with Gasteiger partial charge in [0.15, 0.2) is 5.60 Å². The topological polar surface area (TPSA) is 107 Å². The summed E-state index contributed by atoms with van der Waals surface area (Å²) in [6, 6.07) is 8.03. The monoisotopic (exact) mass is 483 g/mol. The highest BCUT2D eigenvalue weighted by molar-refractivity contribution is 7.85. The third-order valence-corrected chi connectivity index (χ3v) is 6.35. The van der Waals surface area contributed by atoms with Crippen LogP contribution in [-0.4, -0.2) is 43.1 Å². The van der Waals surface area contributed by atoms with Crippen molar-refractivity contribution in [2.75, 3.05) is 6.26 Å². The number of ether oxygens (including phenoxy) is 1. The van der Waals surface area contributed by atoms with Gasteiger partial charge in [-0.05, 0) is 61.6 Å². The number of benzene rings is 2. The zero-order valence-electron chi connectivity index (χ0n) is 19.0. The number of nitrogens with zero attached hydrogens (tertiary/aromatic N) is 1. The van der Waals surface area contributed by atoms with Crippen molar-refractivity contribution in [3.63, 3.8) is 0 Å². The van der Waals surface area contributed by atoms with Gasteiger partial charge in [-0.3, -0.25) is 14.4 Å². The zero-order valence-corrected chi connectivity index (χ0v) is 19.9. The van der Waals surface area contributed by atoms with Crippen LogP contribution in [0.5, 0.6) is 0 Å². The minimum absolute atomic E-state index is 0.140. The molecule has 1 saturated carbocycles. The molecular weight excluding hydrogens is 458 g/mol. The lowest BCUT2D eigenvalue weighted by Gasteiger charge is -2.32. The Bertz CT molecular complexity index is 1320. The van der Waals surface area contributed by atoms with Gasteiger partial charge in [-0.25, -0.2) is 0 Å². The first-order chi connectivity index (χ1) is 16.1. The van der Waals surface area contributed by atoms with Gasteiger partial charge in [0.25, 0.3) is 21.9 Å². The van der Waals surface area contributed by atoms with Gasteiger partial charge >= 0.3 is 5.97 Å². The summed E-state index contributed by atoms with van der Waals surface area (Å²) in [6.07, 6.45) is 5.99. The number of hydrogen-bond acceptors (Lipinski definition) is 7. The van der Waals surface area contributed by atoms with Crippen molar-refractivity contribution in [2.45, 2.75) is 57.5 Å². The minimum atomic E-state index is -4.09. The smallest absolute Gasteiger partial charge is 0.307 e. The van der Waals surface area contributed by atoms with E-state index in [9.17, 15) is 22.8 Å². The lowest BCUT2D eigenvalue weighted by Crippen LogP contribution is -2.41. The van der Waals surface area contributed by atoms with Crippen molar-refractivity contribution in [3.8, 4) is 11.8 Å². The van der Waals surface area contributed by atoms with E-state index in [1.807, 2.05) is 6.92 Å². The van der Waals surface area contributed by atoms with Crippen molar-refractivity contribution < 1.29 is 31.8 Å². The minimum Gasteiger partial charge on any atom is -0.446 e. The van der Waals surface area contributed by atoms with Crippen molar-refractivity contribution >= 4 is 38.7 Å². The number of amides is 2. The van der Waals surface area contributed by atoms with Gasteiger partial charge in [0.2, 0.25) is 0 Å². The molecule has 0 aromatic heterocycles. The van der Waals surface area contributed by atoms with E-state index in [-0.39, 0.29) is 22.2 Å². The predicted octanol–water partition coefficient (Wildman–Crippen LogP) is 3.72. The standard InChI is InChI=1S/C25H25NO7S/c1-3-8-21(27)32-25(14-5-4-6-15-25)16-13-17-11-12-20-22-18(17)9-7-10-19(22)23(28)26(24(20)29)33-34(2,30)31/h7,9-12H,3-6,8,14-15H2,1-2H3. The summed E-state index contributed by atoms with van der Waals surface area (Å²) < 4.78 is 33.6. The third-order valence-electron chi connectivity index (χ3n) is 5.93. The summed E-state index contributed by atoms with van der Waals surface area (Å²) in [7, 11) is -4.09. The molecule has 8 nitrogen and oxygen atoms in total. The van der Waals surface area contributed by atoms with Crippen molar-refractivity contribution in [1.82, 2.24) is 5.06 Å². The Morgan fingerprint density at radius 1 is 1.06 bits per heavy atom. The molecule has 34 heavy (non-hydrogen) atoms. The van der Waals surface area contributed by atoms with Crippen molar-refractivity contribution in [1.29, 1.82) is 0 Å². The number of hydrogen-bond donors (Lipinski definition) is 0. The number of carbonyl (C=O) groups excluding carboxylic acids is 3. The van der Waals surface area contributed by atoms with Crippen LogP contribution in [0.3, 0.4) is 0 Å². The van der Waals surface area contributed by atoms with E-state index in [4.69, 9.17) is 4.74 Å². The van der Waals surface area contributed by atoms with Gasteiger partial charge in [-0.15, -0.1) is 9.35 Å². The third kappa shape index (κ3) is 4.69. The first-order valence-corrected chi connectivity index (χ1v) is 13.0. The molecule has 0 N–H and O–H groups in total. The maximum atomic E-state index is 12.9. The quantitative estimate of drug-likeness (QED) is 0.362. The molecule has 9 heteroatoms. The van der Waals surface area contributed by atoms with E-state index in [2.05, 4.69) is 16.1 Å². The molecule has 2 aromatic carbocycles. The van der Waals surface area contributed by atoms with E-state index >= 15 is 0 Å². The van der Waals surface area contributed by atoms with Crippen LogP contribution in [0.1, 0.15) is 78.1 Å². The number of imide groups is 1. The van der Waals surface area contributed by atoms with Crippen LogP contribution in [0.15, 0.2) is 30.3 Å². The molecule has 0 radical (unpaired) electrons. The summed E-state index contributed by atoms with van der Waals surface area (Å²) in [4.78, 5) is 38.0. The molecule has 178 valence electrons. The van der Waals surface area contributed by atoms with E-state index in [0.717, 1.165) is 25.5 Å². The Kier molecular flexibility index (Phi) is 6.47. The molecule has 2 aliphatic rings. The van der Waals surface area contributed by atoms with E-state index < -0.39 is 27.5 Å². The average molecular weight is 484 g/mol. The number of hydroxylamine groups is 2. The lowest BCUT2D eigenvalue weighted by molar-refractivity contribution is -0.156. The fourth-order valence-corrected chi connectivity index (χ4v) is 4.82. The Balaban J connectivity index is 1.77. The van der Waals surface area contributed by atoms with Crippen LogP contribution in [0.2, 0.25) is 0 Å². The van der Waals surface area contributed by atoms with Crippen LogP contribution in [0, 0.1) is 11.8 Å². The molecule has 2 amide bonds. The van der Waals surface area contributed by atoms with Gasteiger partial charge in [-0.1, -0.05) is 31.4 Å². The zero-order chi connectivity index (χ0) is 24.5. The van der Waals surface area contributed by atoms with Crippen LogP contribution >= 0.6 is 0 Å². The van der Waals surface area contributed by atoms with E-state index in [0.29, 0.717) is 42.0 Å². The molecule has 1 aliphatic heterocycles. The maximum Gasteiger partial charge on any atom is 0.307 e. The van der Waals surface area contributed by atoms with Gasteiger partial charge < -0.3 is 4.74 Å². The van der Waals surface area contributed by atoms with E-state index in [1.165, 1.54) is 12.1 Å². The van der Waals surface area contributed by atoms with E-state index in [1.54, 1.807) is 18.2 Å². The van der Waals surface area contributed by atoms with Crippen LogP contribution < -0.4 is 0 Å². The summed E-state index contributed by atoms with van der Waals surface area (Å²) in [5.41, 5.74) is 0.00753. The maximum absolute atomic E-state index is 12.9. The Labute approximate surface area is 198 Å². The van der Waals surface area contributed by atoms with Gasteiger partial charge in [-0.2, -0.15) is 8.42 Å². The second-order valence-electron chi connectivity index (χ2n) is 8.60. The number of esters is 1. The second-order valence-corrected chi connectivity index (χ2v) is 10.2. The van der Waals surface area contributed by atoms with Crippen LogP contribution in [0.25, 0.3) is 10.8 Å². The Morgan fingerprint density at radius 2 is 1.74 bits per heavy atom. The first-order valence-electron chi connectivity index (χ1n) is 11.2. The fraction of sp³-hybridized carbons (Fsp3) is 0.400. The highest BCUT2D eigenvalue weighted by Gasteiger charge is 2.37. The molecule has 1 aliphatic carbocycles. The van der Waals surface area contributed by atoms with Gasteiger partial charge in [0, 0.05) is 17.4 Å². The number of rotatable bonds is 5. The molecule has 4 rings (SSSR count). The summed E-state index contributed by atoms with van der Waals surface area (Å²) in [6.45, 7) is 1.92. The summed E-state index contributed by atoms with van der Waals surface area (Å²) >= 11 is 0. The summed E-state index contributed by atoms with van der Waals surface area (Å²) in [5, 5.41) is 1.23. The normalized spacial score (nSPS) is 17.3. The average Bonchev–Trinajstić information content (AvgIpc) is 2.79. The molecule has 0 bridgehead atoms. The predicted molar refractivity (Wildman–Crippen MR) is 124 cm³/mol. The lowest BCUT2D eigenvalue weighted by atomic mass is 9.84. The molecule has 1 heterocycles. The molecule has 0 spiro atoms. The van der Waals surface area contributed by atoms with Gasteiger partial charge in [0.1, 0.15) is 0 Å². The van der Waals surface area contributed by atoms with Crippen LogP contribution in [-0.2, 0) is 23.9 Å². The number of carbonyl (C=O) groups is 3. The molecular formula is C25H25NO7S. The van der Waals surface area contributed by atoms with Gasteiger partial charge in [0.05, 0.1) is 17.4 Å². The fourth-order valence-electron chi connectivity index (χ4n) is 4.42. The molecule has 2 aromatic rings. The first kappa shape index (κ1) is 23.9. The Morgan fingerprint density at radius 3 is 2.38 bits per heavy atom. The van der Waals surface area contributed by atoms with Crippen molar-refractivity contribution in [2.24, 2.45) is 0 Å². The van der Waals surface area contributed by atoms with Crippen LogP contribution in [0.4, 0.5) is 0 Å². The molecule has 0 unspecified atom stereocenters. The van der Waals surface area contributed by atoms with Crippen molar-refractivity contribution in [3.05, 3.63) is 47.0 Å². The largest absolute Gasteiger partial charge is 0.446 e. The highest BCUT2D eigenvalue weighted by Crippen LogP contribution is 2.34. The summed E-state index contributed by atoms with van der Waals surface area (Å²) in [5.74, 6) is 4.33. The molecule has 1 fully saturated rings. The SMILES string of the molecule is CCCC(=O)OC1(C#Cc2ccc3c4c(cccc24)C(=O)N(OS(C)(=O)=O)C3=O)CCCCC1.